The van der Waals surface area contributed by atoms with Crippen LogP contribution in [-0.2, 0) is 19.1 Å². The summed E-state index contributed by atoms with van der Waals surface area (Å²) in [7, 11) is 0. The van der Waals surface area contributed by atoms with E-state index in [9.17, 15) is 31.1 Å². The number of aromatic nitrogens is 2. The molecule has 5 rings (SSSR count). The third kappa shape index (κ3) is 8.65. The topological polar surface area (TPSA) is 140 Å². The quantitative estimate of drug-likeness (QED) is 0.305. The van der Waals surface area contributed by atoms with Crippen LogP contribution in [0.3, 0.4) is 0 Å². The smallest absolute Gasteiger partial charge is 0.475 e. The highest BCUT2D eigenvalue weighted by atomic mass is 19.4. The standard InChI is InChI=1S/C21H21N3O3.2C2HF3O2/c25-21(27-17-8-14-12-26-13-15(9-17)23-14)19-11-24(16-4-3-7-22-10-16)20-6-2-1-5-18(19)20;2*3-2(4,5)1(6)7/h1-7,10-11,14-15,17,23H,8-9,12-13H2;2*(H,6,7)/t14-,15+,17-;;. The number of benzene rings is 1. The molecule has 3 aromatic rings. The summed E-state index contributed by atoms with van der Waals surface area (Å²) in [6, 6.07) is 12.3. The van der Waals surface area contributed by atoms with E-state index < -0.39 is 24.3 Å². The van der Waals surface area contributed by atoms with E-state index in [0.29, 0.717) is 18.8 Å². The summed E-state index contributed by atoms with van der Waals surface area (Å²) in [5, 5.41) is 18.7. The van der Waals surface area contributed by atoms with E-state index in [-0.39, 0.29) is 24.2 Å². The molecule has 4 heterocycles. The van der Waals surface area contributed by atoms with Gasteiger partial charge in [0.1, 0.15) is 6.10 Å². The van der Waals surface area contributed by atoms with Crippen LogP contribution in [0, 0.1) is 0 Å². The SMILES string of the molecule is O=C(O)C(F)(F)F.O=C(O)C(F)(F)F.O=C(O[C@H]1C[C@H]2COC[C@@H](C1)N2)c1cn(-c2cccnc2)c2ccccc12. The number of piperidine rings is 1. The van der Waals surface area contributed by atoms with Crippen LogP contribution >= 0.6 is 0 Å². The molecule has 2 fully saturated rings. The zero-order chi connectivity index (χ0) is 30.4. The first kappa shape index (κ1) is 31.3. The minimum atomic E-state index is -5.08. The van der Waals surface area contributed by atoms with Gasteiger partial charge in [0.2, 0.25) is 0 Å². The van der Waals surface area contributed by atoms with Gasteiger partial charge in [0.15, 0.2) is 0 Å². The van der Waals surface area contributed by atoms with Crippen molar-refractivity contribution >= 4 is 28.8 Å². The van der Waals surface area contributed by atoms with Crippen molar-refractivity contribution in [3.8, 4) is 5.69 Å². The Balaban J connectivity index is 0.000000276. The molecule has 0 spiro atoms. The predicted octanol–water partition coefficient (Wildman–Crippen LogP) is 3.97. The molecule has 0 unspecified atom stereocenters. The second kappa shape index (κ2) is 13.0. The van der Waals surface area contributed by atoms with Crippen LogP contribution in [0.15, 0.2) is 55.0 Å². The molecule has 3 N–H and O–H groups in total. The number of para-hydroxylation sites is 1. The van der Waals surface area contributed by atoms with E-state index in [2.05, 4.69) is 10.3 Å². The Hall–Kier alpha value is -4.18. The summed E-state index contributed by atoms with van der Waals surface area (Å²) in [4.78, 5) is 35.0. The van der Waals surface area contributed by atoms with E-state index in [4.69, 9.17) is 29.3 Å². The summed E-state index contributed by atoms with van der Waals surface area (Å²) in [5.41, 5.74) is 2.48. The summed E-state index contributed by atoms with van der Waals surface area (Å²) in [6.07, 6.45) is -3.27. The molecule has 222 valence electrons. The van der Waals surface area contributed by atoms with Gasteiger partial charge in [-0.3, -0.25) is 4.98 Å². The molecule has 0 amide bonds. The van der Waals surface area contributed by atoms with Crippen LogP contribution in [0.25, 0.3) is 16.6 Å². The molecule has 2 aromatic heterocycles. The maximum atomic E-state index is 13.0. The number of alkyl halides is 6. The average Bonchev–Trinajstić information content (AvgIpc) is 3.29. The van der Waals surface area contributed by atoms with Crippen LogP contribution in [-0.4, -0.2) is 81.4 Å². The molecule has 10 nitrogen and oxygen atoms in total. The molecule has 2 saturated heterocycles. The fourth-order valence-electron chi connectivity index (χ4n) is 4.15. The largest absolute Gasteiger partial charge is 0.490 e. The van der Waals surface area contributed by atoms with Crippen molar-refractivity contribution in [3.05, 3.63) is 60.6 Å². The van der Waals surface area contributed by atoms with Crippen molar-refractivity contribution in [2.24, 2.45) is 0 Å². The van der Waals surface area contributed by atoms with Crippen LogP contribution in [0.2, 0.25) is 0 Å². The molecule has 0 radical (unpaired) electrons. The first-order valence-electron chi connectivity index (χ1n) is 11.8. The van der Waals surface area contributed by atoms with Crippen LogP contribution in [0.4, 0.5) is 26.3 Å². The van der Waals surface area contributed by atoms with Gasteiger partial charge in [-0.2, -0.15) is 26.3 Å². The Bertz CT molecular complexity index is 1330. The number of carbonyl (C=O) groups excluding carboxylic acids is 1. The number of aliphatic carboxylic acids is 2. The zero-order valence-electron chi connectivity index (χ0n) is 20.9. The van der Waals surface area contributed by atoms with Gasteiger partial charge in [-0.1, -0.05) is 18.2 Å². The number of nitrogens with zero attached hydrogens (tertiary/aromatic N) is 2. The van der Waals surface area contributed by atoms with Gasteiger partial charge in [-0.05, 0) is 18.2 Å². The lowest BCUT2D eigenvalue weighted by molar-refractivity contribution is -0.193. The van der Waals surface area contributed by atoms with E-state index in [1.807, 2.05) is 47.2 Å². The number of morpholine rings is 1. The van der Waals surface area contributed by atoms with E-state index in [1.54, 1.807) is 12.4 Å². The van der Waals surface area contributed by atoms with Gasteiger partial charge < -0.3 is 29.6 Å². The maximum absolute atomic E-state index is 13.0. The number of esters is 1. The zero-order valence-corrected chi connectivity index (χ0v) is 20.9. The Kier molecular flexibility index (Phi) is 9.93. The predicted molar refractivity (Wildman–Crippen MR) is 128 cm³/mol. The van der Waals surface area contributed by atoms with Crippen molar-refractivity contribution in [2.45, 2.75) is 43.4 Å². The minimum absolute atomic E-state index is 0.0712. The van der Waals surface area contributed by atoms with Gasteiger partial charge in [-0.25, -0.2) is 14.4 Å². The number of carboxylic acids is 2. The van der Waals surface area contributed by atoms with Crippen LogP contribution in [0.5, 0.6) is 0 Å². The van der Waals surface area contributed by atoms with Crippen LogP contribution < -0.4 is 5.32 Å². The highest BCUT2D eigenvalue weighted by Crippen LogP contribution is 2.27. The van der Waals surface area contributed by atoms with Crippen molar-refractivity contribution in [1.29, 1.82) is 0 Å². The molecule has 2 bridgehead atoms. The Morgan fingerprint density at radius 2 is 1.49 bits per heavy atom. The summed E-state index contributed by atoms with van der Waals surface area (Å²) in [6.45, 7) is 1.37. The van der Waals surface area contributed by atoms with Gasteiger partial charge in [0.25, 0.3) is 0 Å². The lowest BCUT2D eigenvalue weighted by Crippen LogP contribution is -2.56. The first-order chi connectivity index (χ1) is 19.2. The molecular formula is C25H23F6N3O7. The molecule has 0 aliphatic carbocycles. The van der Waals surface area contributed by atoms with Crippen molar-refractivity contribution < 1.29 is 60.4 Å². The van der Waals surface area contributed by atoms with Gasteiger partial charge in [0.05, 0.1) is 36.2 Å². The van der Waals surface area contributed by atoms with Crippen LogP contribution in [0.1, 0.15) is 23.2 Å². The van der Waals surface area contributed by atoms with Crippen molar-refractivity contribution in [3.63, 3.8) is 0 Å². The van der Waals surface area contributed by atoms with E-state index >= 15 is 0 Å². The number of nitrogens with one attached hydrogen (secondary N) is 1. The second-order valence-electron chi connectivity index (χ2n) is 8.84. The fourth-order valence-corrected chi connectivity index (χ4v) is 4.15. The van der Waals surface area contributed by atoms with Crippen molar-refractivity contribution in [1.82, 2.24) is 14.9 Å². The highest BCUT2D eigenvalue weighted by molar-refractivity contribution is 6.05. The molecule has 16 heteroatoms. The molecule has 0 saturated carbocycles. The lowest BCUT2D eigenvalue weighted by Gasteiger charge is -2.39. The molecule has 3 atom stereocenters. The molecule has 41 heavy (non-hydrogen) atoms. The Morgan fingerprint density at radius 1 is 0.927 bits per heavy atom. The fraction of sp³-hybridized carbons (Fsp3) is 0.360. The first-order valence-corrected chi connectivity index (χ1v) is 11.8. The number of rotatable bonds is 3. The number of carbonyl (C=O) groups is 3. The number of halogens is 6. The minimum Gasteiger partial charge on any atom is -0.475 e. The summed E-state index contributed by atoms with van der Waals surface area (Å²) >= 11 is 0. The number of fused-ring (bicyclic) bond motifs is 3. The highest BCUT2D eigenvalue weighted by Gasteiger charge is 2.39. The van der Waals surface area contributed by atoms with Gasteiger partial charge in [0, 0.05) is 42.7 Å². The monoisotopic (exact) mass is 591 g/mol. The Labute approximate surface area is 227 Å². The van der Waals surface area contributed by atoms with Gasteiger partial charge >= 0.3 is 30.3 Å². The summed E-state index contributed by atoms with van der Waals surface area (Å²) in [5.74, 6) is -5.78. The molecule has 2 aliphatic heterocycles. The Morgan fingerprint density at radius 3 is 2.00 bits per heavy atom. The van der Waals surface area contributed by atoms with Gasteiger partial charge in [-0.15, -0.1) is 0 Å². The normalized spacial score (nSPS) is 20.1. The number of hydrogen-bond acceptors (Lipinski definition) is 7. The number of ether oxygens (including phenoxy) is 2. The third-order valence-electron chi connectivity index (χ3n) is 5.82. The van der Waals surface area contributed by atoms with E-state index in [1.165, 1.54) is 0 Å². The second-order valence-corrected chi connectivity index (χ2v) is 8.84. The molecular weight excluding hydrogens is 568 g/mol. The molecule has 1 aromatic carbocycles. The number of hydrogen-bond donors (Lipinski definition) is 3. The van der Waals surface area contributed by atoms with E-state index in [0.717, 1.165) is 29.4 Å². The maximum Gasteiger partial charge on any atom is 0.490 e. The lowest BCUT2D eigenvalue weighted by atomic mass is 9.94. The number of carboxylic acid groups (broad SMARTS) is 2. The summed E-state index contributed by atoms with van der Waals surface area (Å²) < 4.78 is 76.9. The number of pyridine rings is 1. The average molecular weight is 591 g/mol. The van der Waals surface area contributed by atoms with Crippen molar-refractivity contribution in [2.75, 3.05) is 13.2 Å². The third-order valence-corrected chi connectivity index (χ3v) is 5.82. The molecule has 2 aliphatic rings.